The molecule has 0 aliphatic rings. The smallest absolute Gasteiger partial charge is 0.209 e. The van der Waals surface area contributed by atoms with E-state index in [1.54, 1.807) is 0 Å². The van der Waals surface area contributed by atoms with Crippen LogP contribution in [-0.4, -0.2) is 4.98 Å². The van der Waals surface area contributed by atoms with Crippen LogP contribution in [0.3, 0.4) is 0 Å². The third-order valence-corrected chi connectivity index (χ3v) is 1.76. The Morgan fingerprint density at radius 1 is 1.46 bits per heavy atom. The molecule has 0 unspecified atom stereocenters. The fraction of sp³-hybridized carbons (Fsp3) is 0.222. The predicted molar refractivity (Wildman–Crippen MR) is 53.9 cm³/mol. The predicted octanol–water partition coefficient (Wildman–Crippen LogP) is 2.02. The molecule has 2 aromatic rings. The van der Waals surface area contributed by atoms with Gasteiger partial charge in [0, 0.05) is 0 Å². The minimum Gasteiger partial charge on any atom is -0.439 e. The van der Waals surface area contributed by atoms with Crippen molar-refractivity contribution in [1.29, 1.82) is 0 Å². The maximum Gasteiger partial charge on any atom is 0.209 e. The zero-order valence-electron chi connectivity index (χ0n) is 7.28. The van der Waals surface area contributed by atoms with Gasteiger partial charge >= 0.3 is 0 Å². The van der Waals surface area contributed by atoms with E-state index in [4.69, 9.17) is 10.2 Å². The van der Waals surface area contributed by atoms with Gasteiger partial charge in [0.25, 0.3) is 0 Å². The maximum atomic E-state index is 5.40. The standard InChI is InChI=1S/C9H10N2O.ClH/c1-6-2-3-8-7(4-6)11-9(5-10)12-8;/h2-4H,5,10H2,1H3;1H. The first kappa shape index (κ1) is 10.0. The van der Waals surface area contributed by atoms with E-state index in [1.807, 2.05) is 25.1 Å². The Bertz CT molecular complexity index is 411. The van der Waals surface area contributed by atoms with Crippen molar-refractivity contribution in [1.82, 2.24) is 4.98 Å². The van der Waals surface area contributed by atoms with Crippen LogP contribution in [-0.2, 0) is 6.54 Å². The molecule has 0 bridgehead atoms. The van der Waals surface area contributed by atoms with Gasteiger partial charge in [0.15, 0.2) is 5.58 Å². The molecule has 1 heterocycles. The summed E-state index contributed by atoms with van der Waals surface area (Å²) in [6, 6.07) is 5.89. The molecule has 1 aromatic carbocycles. The largest absolute Gasteiger partial charge is 0.439 e. The summed E-state index contributed by atoms with van der Waals surface area (Å²) in [5, 5.41) is 0. The molecule has 3 nitrogen and oxygen atoms in total. The summed E-state index contributed by atoms with van der Waals surface area (Å²) in [5.74, 6) is 0.593. The lowest BCUT2D eigenvalue weighted by Gasteiger charge is -1.87. The molecule has 0 aliphatic carbocycles. The molecule has 70 valence electrons. The molecule has 13 heavy (non-hydrogen) atoms. The zero-order valence-corrected chi connectivity index (χ0v) is 8.10. The van der Waals surface area contributed by atoms with Crippen LogP contribution in [0.1, 0.15) is 11.5 Å². The molecular formula is C9H11ClN2O. The number of aromatic nitrogens is 1. The average molecular weight is 199 g/mol. The molecule has 0 saturated carbocycles. The average Bonchev–Trinajstić information content (AvgIpc) is 2.46. The Morgan fingerprint density at radius 3 is 2.92 bits per heavy atom. The van der Waals surface area contributed by atoms with E-state index in [0.29, 0.717) is 12.4 Å². The summed E-state index contributed by atoms with van der Waals surface area (Å²) in [4.78, 5) is 4.20. The van der Waals surface area contributed by atoms with E-state index >= 15 is 0 Å². The van der Waals surface area contributed by atoms with Crippen LogP contribution in [0.4, 0.5) is 0 Å². The highest BCUT2D eigenvalue weighted by atomic mass is 35.5. The second-order valence-electron chi connectivity index (χ2n) is 2.78. The van der Waals surface area contributed by atoms with Crippen molar-refractivity contribution in [2.24, 2.45) is 5.73 Å². The van der Waals surface area contributed by atoms with Crippen LogP contribution in [0.2, 0.25) is 0 Å². The van der Waals surface area contributed by atoms with Gasteiger partial charge in [-0.3, -0.25) is 0 Å². The second kappa shape index (κ2) is 3.77. The van der Waals surface area contributed by atoms with Gasteiger partial charge in [-0.05, 0) is 24.6 Å². The normalized spacial score (nSPS) is 10.0. The number of nitrogens with two attached hydrogens (primary N) is 1. The first-order valence-electron chi connectivity index (χ1n) is 3.86. The lowest BCUT2D eigenvalue weighted by atomic mass is 10.2. The molecule has 2 N–H and O–H groups in total. The quantitative estimate of drug-likeness (QED) is 0.763. The minimum atomic E-state index is 0. The zero-order chi connectivity index (χ0) is 8.55. The molecule has 4 heteroatoms. The Kier molecular flexibility index (Phi) is 2.90. The minimum absolute atomic E-state index is 0. The highest BCUT2D eigenvalue weighted by molar-refractivity contribution is 5.85. The van der Waals surface area contributed by atoms with Crippen molar-refractivity contribution in [3.05, 3.63) is 29.7 Å². The van der Waals surface area contributed by atoms with E-state index in [-0.39, 0.29) is 12.4 Å². The van der Waals surface area contributed by atoms with Gasteiger partial charge in [-0.1, -0.05) is 6.07 Å². The Balaban J connectivity index is 0.000000845. The van der Waals surface area contributed by atoms with Gasteiger partial charge < -0.3 is 10.2 Å². The van der Waals surface area contributed by atoms with Crippen LogP contribution < -0.4 is 5.73 Å². The number of benzene rings is 1. The highest BCUT2D eigenvalue weighted by Crippen LogP contribution is 2.16. The monoisotopic (exact) mass is 198 g/mol. The SMILES string of the molecule is Cc1ccc2oc(CN)nc2c1.Cl. The van der Waals surface area contributed by atoms with Crippen LogP contribution >= 0.6 is 12.4 Å². The Labute approximate surface area is 82.3 Å². The number of hydrogen-bond acceptors (Lipinski definition) is 3. The van der Waals surface area contributed by atoms with Crippen molar-refractivity contribution in [3.63, 3.8) is 0 Å². The summed E-state index contributed by atoms with van der Waals surface area (Å²) >= 11 is 0. The number of hydrogen-bond donors (Lipinski definition) is 1. The van der Waals surface area contributed by atoms with Crippen LogP contribution in [0.15, 0.2) is 22.6 Å². The van der Waals surface area contributed by atoms with Gasteiger partial charge in [0.05, 0.1) is 6.54 Å². The molecular weight excluding hydrogens is 188 g/mol. The van der Waals surface area contributed by atoms with Gasteiger partial charge in [0.1, 0.15) is 5.52 Å². The van der Waals surface area contributed by atoms with E-state index < -0.39 is 0 Å². The number of halogens is 1. The molecule has 0 spiro atoms. The lowest BCUT2D eigenvalue weighted by Crippen LogP contribution is -1.94. The van der Waals surface area contributed by atoms with Crippen molar-refractivity contribution >= 4 is 23.5 Å². The summed E-state index contributed by atoms with van der Waals surface area (Å²) in [6.07, 6.45) is 0. The van der Waals surface area contributed by atoms with Gasteiger partial charge in [-0.25, -0.2) is 4.98 Å². The number of nitrogens with zero attached hydrogens (tertiary/aromatic N) is 1. The molecule has 0 fully saturated rings. The molecule has 0 atom stereocenters. The topological polar surface area (TPSA) is 52.0 Å². The van der Waals surface area contributed by atoms with Gasteiger partial charge in [0.2, 0.25) is 5.89 Å². The summed E-state index contributed by atoms with van der Waals surface area (Å²) < 4.78 is 5.34. The number of aryl methyl sites for hydroxylation is 1. The van der Waals surface area contributed by atoms with Crippen LogP contribution in [0.25, 0.3) is 11.1 Å². The third kappa shape index (κ3) is 1.82. The molecule has 0 radical (unpaired) electrons. The highest BCUT2D eigenvalue weighted by Gasteiger charge is 2.02. The molecule has 2 rings (SSSR count). The van der Waals surface area contributed by atoms with Gasteiger partial charge in [-0.2, -0.15) is 0 Å². The molecule has 1 aromatic heterocycles. The van der Waals surface area contributed by atoms with E-state index in [1.165, 1.54) is 5.56 Å². The Hall–Kier alpha value is -1.06. The van der Waals surface area contributed by atoms with E-state index in [9.17, 15) is 0 Å². The Morgan fingerprint density at radius 2 is 2.23 bits per heavy atom. The van der Waals surface area contributed by atoms with Crippen molar-refractivity contribution in [2.45, 2.75) is 13.5 Å². The van der Waals surface area contributed by atoms with Crippen LogP contribution in [0, 0.1) is 6.92 Å². The first-order valence-corrected chi connectivity index (χ1v) is 3.86. The van der Waals surface area contributed by atoms with E-state index in [0.717, 1.165) is 11.1 Å². The summed E-state index contributed by atoms with van der Waals surface area (Å²) in [7, 11) is 0. The first-order chi connectivity index (χ1) is 5.79. The lowest BCUT2D eigenvalue weighted by molar-refractivity contribution is 0.533. The van der Waals surface area contributed by atoms with Crippen molar-refractivity contribution in [2.75, 3.05) is 0 Å². The summed E-state index contributed by atoms with van der Waals surface area (Å²) in [6.45, 7) is 2.38. The van der Waals surface area contributed by atoms with Crippen LogP contribution in [0.5, 0.6) is 0 Å². The number of fused-ring (bicyclic) bond motifs is 1. The number of oxazole rings is 1. The maximum absolute atomic E-state index is 5.40. The van der Waals surface area contributed by atoms with Crippen molar-refractivity contribution in [3.8, 4) is 0 Å². The molecule has 0 saturated heterocycles. The molecule has 0 amide bonds. The fourth-order valence-corrected chi connectivity index (χ4v) is 1.17. The van der Waals surface area contributed by atoms with Crippen molar-refractivity contribution < 1.29 is 4.42 Å². The number of rotatable bonds is 1. The third-order valence-electron chi connectivity index (χ3n) is 1.76. The summed E-state index contributed by atoms with van der Waals surface area (Å²) in [5.41, 5.74) is 8.27. The fourth-order valence-electron chi connectivity index (χ4n) is 1.17. The molecule has 0 aliphatic heterocycles. The van der Waals surface area contributed by atoms with E-state index in [2.05, 4.69) is 4.98 Å². The second-order valence-corrected chi connectivity index (χ2v) is 2.78. The van der Waals surface area contributed by atoms with Gasteiger partial charge in [-0.15, -0.1) is 12.4 Å².